The molecular formula is C12H20N2. The Morgan fingerprint density at radius 2 is 2.21 bits per heavy atom. The van der Waals surface area contributed by atoms with E-state index in [9.17, 15) is 0 Å². The van der Waals surface area contributed by atoms with Gasteiger partial charge in [0.15, 0.2) is 0 Å². The maximum absolute atomic E-state index is 6.12. The Balaban J connectivity index is 2.72. The van der Waals surface area contributed by atoms with Crippen molar-refractivity contribution in [2.75, 3.05) is 0 Å². The maximum atomic E-state index is 6.12. The topological polar surface area (TPSA) is 38.9 Å². The van der Waals surface area contributed by atoms with Gasteiger partial charge in [0.1, 0.15) is 0 Å². The molecule has 1 aromatic rings. The second-order valence-electron chi connectivity index (χ2n) is 3.68. The van der Waals surface area contributed by atoms with Crippen molar-refractivity contribution < 1.29 is 0 Å². The van der Waals surface area contributed by atoms with Gasteiger partial charge in [-0.1, -0.05) is 26.7 Å². The minimum atomic E-state index is 0.165. The van der Waals surface area contributed by atoms with Crippen molar-refractivity contribution in [2.45, 2.75) is 45.6 Å². The van der Waals surface area contributed by atoms with Crippen molar-refractivity contribution in [1.29, 1.82) is 0 Å². The van der Waals surface area contributed by atoms with Crippen LogP contribution in [-0.4, -0.2) is 4.98 Å². The van der Waals surface area contributed by atoms with Crippen LogP contribution in [0.25, 0.3) is 0 Å². The summed E-state index contributed by atoms with van der Waals surface area (Å²) < 4.78 is 0. The third-order valence-electron chi connectivity index (χ3n) is 2.60. The molecule has 0 fully saturated rings. The number of nitrogens with two attached hydrogens (primary N) is 1. The zero-order valence-corrected chi connectivity index (χ0v) is 9.16. The number of hydrogen-bond donors (Lipinski definition) is 1. The lowest BCUT2D eigenvalue weighted by atomic mass is 9.98. The highest BCUT2D eigenvalue weighted by atomic mass is 14.7. The zero-order valence-electron chi connectivity index (χ0n) is 9.16. The molecule has 0 radical (unpaired) electrons. The minimum absolute atomic E-state index is 0.165. The molecule has 0 amide bonds. The standard InChI is InChI=1S/C12H20N2/c1-3-5-6-12(13)11-9-14-8-7-10(11)4-2/h7-9,12H,3-6,13H2,1-2H3. The third kappa shape index (κ3) is 2.81. The molecule has 0 aliphatic rings. The van der Waals surface area contributed by atoms with Crippen LogP contribution in [0.2, 0.25) is 0 Å². The van der Waals surface area contributed by atoms with Gasteiger partial charge in [-0.05, 0) is 30.0 Å². The van der Waals surface area contributed by atoms with Gasteiger partial charge in [-0.3, -0.25) is 4.98 Å². The van der Waals surface area contributed by atoms with Crippen molar-refractivity contribution in [1.82, 2.24) is 4.98 Å². The molecule has 0 saturated carbocycles. The van der Waals surface area contributed by atoms with Crippen LogP contribution in [0, 0.1) is 0 Å². The van der Waals surface area contributed by atoms with Gasteiger partial charge < -0.3 is 5.73 Å². The summed E-state index contributed by atoms with van der Waals surface area (Å²) in [5.74, 6) is 0. The molecule has 0 spiro atoms. The lowest BCUT2D eigenvalue weighted by Crippen LogP contribution is -2.12. The molecule has 14 heavy (non-hydrogen) atoms. The maximum Gasteiger partial charge on any atom is 0.0318 e. The number of pyridine rings is 1. The Kier molecular flexibility index (Phi) is 4.60. The summed E-state index contributed by atoms with van der Waals surface area (Å²) in [5, 5.41) is 0. The Labute approximate surface area is 86.5 Å². The van der Waals surface area contributed by atoms with E-state index in [2.05, 4.69) is 24.9 Å². The Morgan fingerprint density at radius 1 is 1.43 bits per heavy atom. The Bertz CT molecular complexity index is 271. The predicted octanol–water partition coefficient (Wildman–Crippen LogP) is 2.83. The van der Waals surface area contributed by atoms with Gasteiger partial charge in [-0.2, -0.15) is 0 Å². The van der Waals surface area contributed by atoms with E-state index in [0.717, 1.165) is 12.8 Å². The van der Waals surface area contributed by atoms with Crippen LogP contribution in [0.5, 0.6) is 0 Å². The molecule has 0 bridgehead atoms. The molecule has 1 unspecified atom stereocenters. The molecule has 2 N–H and O–H groups in total. The third-order valence-corrected chi connectivity index (χ3v) is 2.60. The number of nitrogens with zero attached hydrogens (tertiary/aromatic N) is 1. The minimum Gasteiger partial charge on any atom is -0.324 e. The molecule has 1 heterocycles. The monoisotopic (exact) mass is 192 g/mol. The molecular weight excluding hydrogens is 172 g/mol. The van der Waals surface area contributed by atoms with Crippen molar-refractivity contribution in [3.8, 4) is 0 Å². The summed E-state index contributed by atoms with van der Waals surface area (Å²) in [6.45, 7) is 4.35. The second-order valence-corrected chi connectivity index (χ2v) is 3.68. The first kappa shape index (κ1) is 11.2. The van der Waals surface area contributed by atoms with Crippen LogP contribution >= 0.6 is 0 Å². The van der Waals surface area contributed by atoms with E-state index < -0.39 is 0 Å². The first-order chi connectivity index (χ1) is 6.79. The normalized spacial score (nSPS) is 12.8. The van der Waals surface area contributed by atoms with Crippen LogP contribution in [0.15, 0.2) is 18.5 Å². The van der Waals surface area contributed by atoms with E-state index in [1.54, 1.807) is 0 Å². The van der Waals surface area contributed by atoms with Gasteiger partial charge in [0.2, 0.25) is 0 Å². The van der Waals surface area contributed by atoms with Crippen LogP contribution < -0.4 is 5.73 Å². The van der Waals surface area contributed by atoms with Crippen molar-refractivity contribution in [2.24, 2.45) is 5.73 Å². The summed E-state index contributed by atoms with van der Waals surface area (Å²) >= 11 is 0. The van der Waals surface area contributed by atoms with Crippen molar-refractivity contribution in [3.63, 3.8) is 0 Å². The Hall–Kier alpha value is -0.890. The molecule has 1 aromatic heterocycles. The number of hydrogen-bond acceptors (Lipinski definition) is 2. The van der Waals surface area contributed by atoms with Crippen molar-refractivity contribution in [3.05, 3.63) is 29.6 Å². The largest absolute Gasteiger partial charge is 0.324 e. The molecule has 0 aromatic carbocycles. The van der Waals surface area contributed by atoms with E-state index in [1.807, 2.05) is 12.4 Å². The quantitative estimate of drug-likeness (QED) is 0.779. The summed E-state index contributed by atoms with van der Waals surface area (Å²) in [6.07, 6.45) is 8.26. The molecule has 2 nitrogen and oxygen atoms in total. The SMILES string of the molecule is CCCCC(N)c1cnccc1CC. The van der Waals surface area contributed by atoms with Gasteiger partial charge in [0.05, 0.1) is 0 Å². The van der Waals surface area contributed by atoms with E-state index in [4.69, 9.17) is 5.73 Å². The molecule has 0 saturated heterocycles. The van der Waals surface area contributed by atoms with Gasteiger partial charge in [-0.15, -0.1) is 0 Å². The molecule has 0 aliphatic heterocycles. The first-order valence-electron chi connectivity index (χ1n) is 5.48. The first-order valence-corrected chi connectivity index (χ1v) is 5.48. The fourth-order valence-electron chi connectivity index (χ4n) is 1.67. The van der Waals surface area contributed by atoms with Gasteiger partial charge in [0, 0.05) is 18.4 Å². The lowest BCUT2D eigenvalue weighted by Gasteiger charge is -2.14. The number of rotatable bonds is 5. The Morgan fingerprint density at radius 3 is 2.86 bits per heavy atom. The summed E-state index contributed by atoms with van der Waals surface area (Å²) in [4.78, 5) is 4.14. The average Bonchev–Trinajstić information content (AvgIpc) is 2.25. The molecule has 1 atom stereocenters. The second kappa shape index (κ2) is 5.76. The molecule has 0 aliphatic carbocycles. The zero-order chi connectivity index (χ0) is 10.4. The van der Waals surface area contributed by atoms with Crippen molar-refractivity contribution >= 4 is 0 Å². The highest BCUT2D eigenvalue weighted by molar-refractivity contribution is 5.26. The van der Waals surface area contributed by atoms with Crippen LogP contribution in [0.3, 0.4) is 0 Å². The van der Waals surface area contributed by atoms with Crippen LogP contribution in [0.4, 0.5) is 0 Å². The van der Waals surface area contributed by atoms with Gasteiger partial charge >= 0.3 is 0 Å². The van der Waals surface area contributed by atoms with Crippen LogP contribution in [-0.2, 0) is 6.42 Å². The van der Waals surface area contributed by atoms with E-state index in [0.29, 0.717) is 0 Å². The summed E-state index contributed by atoms with van der Waals surface area (Å²) in [7, 11) is 0. The van der Waals surface area contributed by atoms with Gasteiger partial charge in [0.25, 0.3) is 0 Å². The number of unbranched alkanes of at least 4 members (excludes halogenated alkanes) is 1. The highest BCUT2D eigenvalue weighted by Crippen LogP contribution is 2.19. The fraction of sp³-hybridized carbons (Fsp3) is 0.583. The average molecular weight is 192 g/mol. The highest BCUT2D eigenvalue weighted by Gasteiger charge is 2.09. The van der Waals surface area contributed by atoms with E-state index >= 15 is 0 Å². The predicted molar refractivity (Wildman–Crippen MR) is 60.1 cm³/mol. The molecule has 78 valence electrons. The lowest BCUT2D eigenvalue weighted by molar-refractivity contribution is 0.597. The smallest absolute Gasteiger partial charge is 0.0318 e. The fourth-order valence-corrected chi connectivity index (χ4v) is 1.67. The van der Waals surface area contributed by atoms with E-state index in [-0.39, 0.29) is 6.04 Å². The summed E-state index contributed by atoms with van der Waals surface area (Å²) in [5.41, 5.74) is 8.68. The molecule has 1 rings (SSSR count). The van der Waals surface area contributed by atoms with Crippen LogP contribution in [0.1, 0.15) is 50.3 Å². The summed E-state index contributed by atoms with van der Waals surface area (Å²) in [6, 6.07) is 2.24. The van der Waals surface area contributed by atoms with E-state index in [1.165, 1.54) is 24.0 Å². The van der Waals surface area contributed by atoms with Gasteiger partial charge in [-0.25, -0.2) is 0 Å². The number of aromatic nitrogens is 1. The molecule has 2 heteroatoms. The number of aryl methyl sites for hydroxylation is 1.